The average Bonchev–Trinajstić information content (AvgIpc) is 2.80. The molecule has 8 nitrogen and oxygen atoms in total. The summed E-state index contributed by atoms with van der Waals surface area (Å²) in [5, 5.41) is 9.95. The first-order chi connectivity index (χ1) is 8.79. The van der Waals surface area contributed by atoms with Crippen LogP contribution in [0.5, 0.6) is 0 Å². The summed E-state index contributed by atoms with van der Waals surface area (Å²) in [7, 11) is -1.14. The lowest BCUT2D eigenvalue weighted by molar-refractivity contribution is -0.140. The van der Waals surface area contributed by atoms with Crippen molar-refractivity contribution >= 4 is 16.2 Å². The van der Waals surface area contributed by atoms with Gasteiger partial charge >= 0.3 is 5.97 Å². The number of rotatable bonds is 7. The van der Waals surface area contributed by atoms with Crippen molar-refractivity contribution < 1.29 is 27.8 Å². The summed E-state index contributed by atoms with van der Waals surface area (Å²) in [6.07, 6.45) is 0.364. The van der Waals surface area contributed by atoms with E-state index in [0.717, 1.165) is 4.31 Å². The quantitative estimate of drug-likeness (QED) is 0.552. The molecule has 1 atom stereocenters. The number of aliphatic hydroxyl groups is 1. The van der Waals surface area contributed by atoms with Crippen LogP contribution in [0, 0.1) is 0 Å². The Morgan fingerprint density at radius 1 is 1.58 bits per heavy atom. The summed E-state index contributed by atoms with van der Waals surface area (Å²) in [4.78, 5) is 10.9. The van der Waals surface area contributed by atoms with Gasteiger partial charge in [0.15, 0.2) is 0 Å². The smallest absolute Gasteiger partial charge is 0.306 e. The predicted octanol–water partition coefficient (Wildman–Crippen LogP) is -1.53. The van der Waals surface area contributed by atoms with Crippen molar-refractivity contribution in [3.8, 4) is 0 Å². The van der Waals surface area contributed by atoms with Gasteiger partial charge in [-0.2, -0.15) is 17.4 Å². The van der Waals surface area contributed by atoms with Crippen LogP contribution >= 0.6 is 0 Å². The van der Waals surface area contributed by atoms with Crippen molar-refractivity contribution in [3.63, 3.8) is 0 Å². The molecule has 1 saturated heterocycles. The summed E-state index contributed by atoms with van der Waals surface area (Å²) in [6, 6.07) is 0. The lowest BCUT2D eigenvalue weighted by atomic mass is 10.1. The van der Waals surface area contributed by atoms with Gasteiger partial charge < -0.3 is 14.6 Å². The highest BCUT2D eigenvalue weighted by Gasteiger charge is 2.34. The number of methoxy groups -OCH3 is 1. The molecule has 19 heavy (non-hydrogen) atoms. The Morgan fingerprint density at radius 2 is 2.26 bits per heavy atom. The Hall–Kier alpha value is -0.740. The lowest BCUT2D eigenvalue weighted by Crippen LogP contribution is -2.47. The summed E-state index contributed by atoms with van der Waals surface area (Å²) in [6.45, 7) is 0.423. The van der Waals surface area contributed by atoms with Crippen LogP contribution in [0.15, 0.2) is 0 Å². The third-order valence-corrected chi connectivity index (χ3v) is 4.45. The number of nitrogens with one attached hydrogen (secondary N) is 1. The summed E-state index contributed by atoms with van der Waals surface area (Å²) in [5.74, 6) is -0.482. The van der Waals surface area contributed by atoms with Crippen molar-refractivity contribution in [2.75, 3.05) is 40.5 Å². The number of hydrogen-bond donors (Lipinski definition) is 2. The first-order valence-electron chi connectivity index (χ1n) is 5.87. The van der Waals surface area contributed by atoms with Crippen molar-refractivity contribution in [3.05, 3.63) is 0 Å². The maximum Gasteiger partial charge on any atom is 0.306 e. The standard InChI is InChI=1S/C10H20N2O6S/c1-12(5-3-9(13)17-2)19(15,16)11-7-10(14)4-6-18-8-10/h11,14H,3-8H2,1-2H3. The van der Waals surface area contributed by atoms with Gasteiger partial charge in [0.1, 0.15) is 5.60 Å². The first kappa shape index (κ1) is 16.3. The van der Waals surface area contributed by atoms with E-state index in [2.05, 4.69) is 9.46 Å². The number of hydrogen-bond acceptors (Lipinski definition) is 6. The Kier molecular flexibility index (Phi) is 5.68. The zero-order valence-electron chi connectivity index (χ0n) is 11.1. The van der Waals surface area contributed by atoms with Crippen molar-refractivity contribution in [1.82, 2.24) is 9.03 Å². The van der Waals surface area contributed by atoms with Gasteiger partial charge in [0.25, 0.3) is 10.2 Å². The molecule has 0 bridgehead atoms. The second-order valence-electron chi connectivity index (χ2n) is 4.50. The molecule has 0 aromatic rings. The molecule has 1 fully saturated rings. The minimum atomic E-state index is -3.73. The molecule has 0 aromatic heterocycles. The highest BCUT2D eigenvalue weighted by Crippen LogP contribution is 2.17. The largest absolute Gasteiger partial charge is 0.469 e. The zero-order chi connectivity index (χ0) is 14.5. The van der Waals surface area contributed by atoms with Gasteiger partial charge in [-0.05, 0) is 0 Å². The Balaban J connectivity index is 2.43. The summed E-state index contributed by atoms with van der Waals surface area (Å²) in [5.41, 5.74) is -1.16. The SMILES string of the molecule is COC(=O)CCN(C)S(=O)(=O)NCC1(O)CCOC1. The van der Waals surface area contributed by atoms with Gasteiger partial charge in [-0.25, -0.2) is 0 Å². The number of ether oxygens (including phenoxy) is 2. The van der Waals surface area contributed by atoms with Gasteiger partial charge in [-0.1, -0.05) is 0 Å². The molecule has 0 aliphatic carbocycles. The molecule has 1 aliphatic rings. The maximum absolute atomic E-state index is 11.8. The van der Waals surface area contributed by atoms with Crippen LogP contribution in [0.2, 0.25) is 0 Å². The number of carbonyl (C=O) groups excluding carboxylic acids is 1. The van der Waals surface area contributed by atoms with Crippen molar-refractivity contribution in [1.29, 1.82) is 0 Å². The van der Waals surface area contributed by atoms with E-state index in [4.69, 9.17) is 4.74 Å². The zero-order valence-corrected chi connectivity index (χ0v) is 11.9. The molecule has 0 radical (unpaired) electrons. The third kappa shape index (κ3) is 5.03. The molecule has 1 aliphatic heterocycles. The Bertz CT molecular complexity index is 404. The highest BCUT2D eigenvalue weighted by atomic mass is 32.2. The molecule has 1 unspecified atom stereocenters. The van der Waals surface area contributed by atoms with Gasteiger partial charge in [0, 0.05) is 33.2 Å². The Morgan fingerprint density at radius 3 is 2.79 bits per heavy atom. The van der Waals surface area contributed by atoms with E-state index in [1.54, 1.807) is 0 Å². The second-order valence-corrected chi connectivity index (χ2v) is 6.36. The third-order valence-electron chi connectivity index (χ3n) is 2.93. The van der Waals surface area contributed by atoms with Crippen LogP contribution in [0.3, 0.4) is 0 Å². The van der Waals surface area contributed by atoms with E-state index in [9.17, 15) is 18.3 Å². The van der Waals surface area contributed by atoms with Gasteiger partial charge in [0.2, 0.25) is 0 Å². The summed E-state index contributed by atoms with van der Waals surface area (Å²) < 4.78 is 36.4. The average molecular weight is 296 g/mol. The predicted molar refractivity (Wildman–Crippen MR) is 66.6 cm³/mol. The number of nitrogens with zero attached hydrogens (tertiary/aromatic N) is 1. The Labute approximate surface area is 112 Å². The normalized spacial score (nSPS) is 23.8. The van der Waals surface area contributed by atoms with E-state index in [-0.39, 0.29) is 26.1 Å². The van der Waals surface area contributed by atoms with Crippen LogP contribution in [-0.4, -0.2) is 69.9 Å². The first-order valence-corrected chi connectivity index (χ1v) is 7.31. The molecule has 0 spiro atoms. The highest BCUT2D eigenvalue weighted by molar-refractivity contribution is 7.87. The minimum Gasteiger partial charge on any atom is -0.469 e. The van der Waals surface area contributed by atoms with Crippen molar-refractivity contribution in [2.45, 2.75) is 18.4 Å². The van der Waals surface area contributed by atoms with Gasteiger partial charge in [-0.15, -0.1) is 0 Å². The molecule has 2 N–H and O–H groups in total. The van der Waals surface area contributed by atoms with Crippen LogP contribution in [-0.2, 0) is 24.5 Å². The fourth-order valence-electron chi connectivity index (χ4n) is 1.54. The molecule has 1 rings (SSSR count). The molecule has 0 saturated carbocycles. The van der Waals surface area contributed by atoms with Gasteiger partial charge in [-0.3, -0.25) is 4.79 Å². The minimum absolute atomic E-state index is 0.0108. The molecule has 9 heteroatoms. The molecule has 112 valence electrons. The van der Waals surface area contributed by atoms with E-state index in [0.29, 0.717) is 13.0 Å². The molecule has 0 amide bonds. The van der Waals surface area contributed by atoms with Crippen LogP contribution in [0.25, 0.3) is 0 Å². The number of esters is 1. The lowest BCUT2D eigenvalue weighted by Gasteiger charge is -2.23. The monoisotopic (exact) mass is 296 g/mol. The molecular formula is C10H20N2O6S. The van der Waals surface area contributed by atoms with E-state index in [1.165, 1.54) is 14.2 Å². The van der Waals surface area contributed by atoms with Crippen molar-refractivity contribution in [2.24, 2.45) is 0 Å². The maximum atomic E-state index is 11.8. The van der Waals surface area contributed by atoms with Gasteiger partial charge in [0.05, 0.1) is 20.1 Å². The molecular weight excluding hydrogens is 276 g/mol. The molecule has 0 aromatic carbocycles. The van der Waals surface area contributed by atoms with E-state index >= 15 is 0 Å². The summed E-state index contributed by atoms with van der Waals surface area (Å²) >= 11 is 0. The van der Waals surface area contributed by atoms with Crippen LogP contribution < -0.4 is 4.72 Å². The second kappa shape index (κ2) is 6.62. The number of carbonyl (C=O) groups is 1. The van der Waals surface area contributed by atoms with Crippen LogP contribution in [0.4, 0.5) is 0 Å². The fraction of sp³-hybridized carbons (Fsp3) is 0.900. The fourth-order valence-corrected chi connectivity index (χ4v) is 2.55. The molecule has 1 heterocycles. The van der Waals surface area contributed by atoms with E-state index < -0.39 is 21.8 Å². The van der Waals surface area contributed by atoms with Crippen LogP contribution in [0.1, 0.15) is 12.8 Å². The van der Waals surface area contributed by atoms with E-state index in [1.807, 2.05) is 0 Å². The topological polar surface area (TPSA) is 105 Å².